The Balaban J connectivity index is 1.38. The van der Waals surface area contributed by atoms with E-state index in [1.165, 1.54) is 0 Å². The summed E-state index contributed by atoms with van der Waals surface area (Å²) >= 11 is 6.03. The van der Waals surface area contributed by atoms with Crippen LogP contribution in [0.15, 0.2) is 60.9 Å². The van der Waals surface area contributed by atoms with Crippen LogP contribution < -0.4 is 14.2 Å². The van der Waals surface area contributed by atoms with Crippen LogP contribution in [0.25, 0.3) is 0 Å². The van der Waals surface area contributed by atoms with Gasteiger partial charge in [-0.15, -0.1) is 0 Å². The van der Waals surface area contributed by atoms with Crippen molar-refractivity contribution in [2.75, 3.05) is 46.6 Å². The topological polar surface area (TPSA) is 78.2 Å². The van der Waals surface area contributed by atoms with Gasteiger partial charge in [0.1, 0.15) is 24.6 Å². The summed E-state index contributed by atoms with van der Waals surface area (Å²) in [7, 11) is 1.63. The molecule has 1 N–H and O–H groups in total. The number of halogens is 1. The van der Waals surface area contributed by atoms with Gasteiger partial charge in [0.2, 0.25) is 0 Å². The molecule has 2 aromatic carbocycles. The third-order valence-corrected chi connectivity index (χ3v) is 5.75. The number of rotatable bonds is 10. The number of β-amino-alcohol motifs (C(OH)–C–C–N with tert-alkyl or cyclic N) is 1. The lowest BCUT2D eigenvalue weighted by atomic mass is 10.1. The van der Waals surface area contributed by atoms with Crippen LogP contribution >= 0.6 is 11.6 Å². The number of benzene rings is 2. The Kier molecular flexibility index (Phi) is 8.29. The molecule has 1 aliphatic rings. The van der Waals surface area contributed by atoms with Gasteiger partial charge in [0, 0.05) is 37.1 Å². The minimum atomic E-state index is -1.14. The minimum absolute atomic E-state index is 0.105. The Morgan fingerprint density at radius 1 is 1.15 bits per heavy atom. The van der Waals surface area contributed by atoms with Crippen LogP contribution in [0.2, 0.25) is 5.02 Å². The second kappa shape index (κ2) is 11.6. The lowest BCUT2D eigenvalue weighted by molar-refractivity contribution is -0.0646. The van der Waals surface area contributed by atoms with Gasteiger partial charge in [0.05, 0.1) is 26.9 Å². The number of hydrogen-bond acceptors (Lipinski definition) is 7. The molecule has 8 nitrogen and oxygen atoms in total. The van der Waals surface area contributed by atoms with E-state index >= 15 is 0 Å². The van der Waals surface area contributed by atoms with Crippen LogP contribution in [0, 0.1) is 0 Å². The van der Waals surface area contributed by atoms with Gasteiger partial charge >= 0.3 is 0 Å². The summed E-state index contributed by atoms with van der Waals surface area (Å²) in [4.78, 5) is 2.16. The number of nitrogens with zero attached hydrogens (tertiary/aromatic N) is 3. The smallest absolute Gasteiger partial charge is 0.161 e. The highest BCUT2D eigenvalue weighted by Gasteiger charge is 2.33. The maximum Gasteiger partial charge on any atom is 0.161 e. The Morgan fingerprint density at radius 3 is 2.85 bits per heavy atom. The fourth-order valence-corrected chi connectivity index (χ4v) is 4.05. The molecule has 0 bridgehead atoms. The molecule has 182 valence electrons. The molecule has 1 saturated heterocycles. The van der Waals surface area contributed by atoms with Crippen molar-refractivity contribution < 1.29 is 24.1 Å². The Labute approximate surface area is 204 Å². The molecular weight excluding hydrogens is 458 g/mol. The molecule has 0 saturated carbocycles. The summed E-state index contributed by atoms with van der Waals surface area (Å²) in [5.41, 5.74) is -0.0936. The molecule has 3 aromatic rings. The molecule has 9 heteroatoms. The van der Waals surface area contributed by atoms with Crippen LogP contribution in [-0.4, -0.2) is 72.0 Å². The normalized spacial score (nSPS) is 18.9. The predicted molar refractivity (Wildman–Crippen MR) is 129 cm³/mol. The van der Waals surface area contributed by atoms with Gasteiger partial charge in [-0.1, -0.05) is 23.7 Å². The highest BCUT2D eigenvalue weighted by Crippen LogP contribution is 2.29. The van der Waals surface area contributed by atoms with Gasteiger partial charge in [0.15, 0.2) is 11.5 Å². The molecule has 2 heterocycles. The summed E-state index contributed by atoms with van der Waals surface area (Å²) in [6.07, 6.45) is 3.64. The van der Waals surface area contributed by atoms with Crippen molar-refractivity contribution >= 4 is 11.6 Å². The molecule has 0 spiro atoms. The van der Waals surface area contributed by atoms with Crippen molar-refractivity contribution in [3.8, 4) is 17.2 Å². The average molecular weight is 488 g/mol. The molecule has 4 rings (SSSR count). The van der Waals surface area contributed by atoms with E-state index in [-0.39, 0.29) is 13.2 Å². The average Bonchev–Trinajstić information content (AvgIpc) is 3.27. The molecule has 1 fully saturated rings. The van der Waals surface area contributed by atoms with Crippen LogP contribution in [0.4, 0.5) is 0 Å². The fourth-order valence-electron chi connectivity index (χ4n) is 3.87. The highest BCUT2D eigenvalue weighted by atomic mass is 35.5. The van der Waals surface area contributed by atoms with Gasteiger partial charge in [-0.2, -0.15) is 5.10 Å². The quantitative estimate of drug-likeness (QED) is 0.470. The largest absolute Gasteiger partial charge is 0.493 e. The van der Waals surface area contributed by atoms with Crippen molar-refractivity contribution in [2.24, 2.45) is 0 Å². The monoisotopic (exact) mass is 487 g/mol. The van der Waals surface area contributed by atoms with Crippen molar-refractivity contribution in [2.45, 2.75) is 18.7 Å². The molecule has 1 atom stereocenters. The van der Waals surface area contributed by atoms with E-state index in [1.54, 1.807) is 25.4 Å². The van der Waals surface area contributed by atoms with E-state index < -0.39 is 5.60 Å². The number of hydrogen-bond donors (Lipinski definition) is 1. The van der Waals surface area contributed by atoms with Gasteiger partial charge in [-0.25, -0.2) is 0 Å². The van der Waals surface area contributed by atoms with Gasteiger partial charge in [0.25, 0.3) is 0 Å². The third kappa shape index (κ3) is 6.87. The van der Waals surface area contributed by atoms with Crippen LogP contribution in [-0.2, 0) is 17.8 Å². The first-order valence-electron chi connectivity index (χ1n) is 11.2. The molecule has 0 unspecified atom stereocenters. The molecule has 1 aromatic heterocycles. The molecule has 34 heavy (non-hydrogen) atoms. The van der Waals surface area contributed by atoms with Crippen LogP contribution in [0.1, 0.15) is 5.56 Å². The fraction of sp³-hybridized carbons (Fsp3) is 0.400. The third-order valence-electron chi connectivity index (χ3n) is 5.52. The minimum Gasteiger partial charge on any atom is -0.493 e. The first-order valence-corrected chi connectivity index (χ1v) is 11.6. The zero-order chi connectivity index (χ0) is 23.8. The van der Waals surface area contributed by atoms with E-state index in [0.717, 1.165) is 5.56 Å². The maximum atomic E-state index is 11.2. The summed E-state index contributed by atoms with van der Waals surface area (Å²) < 4.78 is 24.8. The Morgan fingerprint density at radius 2 is 2.06 bits per heavy atom. The standard InChI is InChI=1S/C25H30ClN3O5/c1-31-23-7-6-20(14-24(23)33-13-11-29-9-3-8-27-29)16-28-10-12-32-18-25(30,17-28)19-34-22-5-2-4-21(26)15-22/h2-9,14-15,30H,10-13,16-19H2,1H3/t25-/m0/s1. The first-order chi connectivity index (χ1) is 16.5. The summed E-state index contributed by atoms with van der Waals surface area (Å²) in [5, 5.41) is 16.0. The van der Waals surface area contributed by atoms with Gasteiger partial charge in [-0.3, -0.25) is 9.58 Å². The first kappa shape index (κ1) is 24.3. The number of ether oxygens (including phenoxy) is 4. The molecular formula is C25H30ClN3O5. The summed E-state index contributed by atoms with van der Waals surface area (Å²) in [5.74, 6) is 1.97. The predicted octanol–water partition coefficient (Wildman–Crippen LogP) is 3.27. The SMILES string of the molecule is COc1ccc(CN2CCOC[C@](O)(COc3cccc(Cl)c3)C2)cc1OCCn1cccn1. The Bertz CT molecular complexity index is 1050. The van der Waals surface area contributed by atoms with Crippen LogP contribution in [0.3, 0.4) is 0 Å². The van der Waals surface area contributed by atoms with E-state index in [1.807, 2.05) is 47.3 Å². The molecule has 0 aliphatic carbocycles. The highest BCUT2D eigenvalue weighted by molar-refractivity contribution is 6.30. The van der Waals surface area contributed by atoms with E-state index in [9.17, 15) is 5.11 Å². The van der Waals surface area contributed by atoms with E-state index in [4.69, 9.17) is 30.5 Å². The van der Waals surface area contributed by atoms with Crippen molar-refractivity contribution in [1.29, 1.82) is 0 Å². The maximum absolute atomic E-state index is 11.2. The van der Waals surface area contributed by atoms with Gasteiger partial charge in [-0.05, 0) is 42.0 Å². The number of methoxy groups -OCH3 is 1. The lowest BCUT2D eigenvalue weighted by Gasteiger charge is -2.30. The molecule has 1 aliphatic heterocycles. The summed E-state index contributed by atoms with van der Waals surface area (Å²) in [6, 6.07) is 14.9. The number of aromatic nitrogens is 2. The van der Waals surface area contributed by atoms with Gasteiger partial charge < -0.3 is 24.1 Å². The molecule has 0 amide bonds. The second-order valence-corrected chi connectivity index (χ2v) is 8.77. The van der Waals surface area contributed by atoms with E-state index in [0.29, 0.717) is 61.7 Å². The zero-order valence-corrected chi connectivity index (χ0v) is 20.0. The molecule has 0 radical (unpaired) electrons. The van der Waals surface area contributed by atoms with Crippen molar-refractivity contribution in [3.05, 3.63) is 71.5 Å². The summed E-state index contributed by atoms with van der Waals surface area (Å²) in [6.45, 7) is 3.69. The lowest BCUT2D eigenvalue weighted by Crippen LogP contribution is -2.48. The van der Waals surface area contributed by atoms with Crippen molar-refractivity contribution in [1.82, 2.24) is 14.7 Å². The Hall–Kier alpha value is -2.78. The van der Waals surface area contributed by atoms with Crippen molar-refractivity contribution in [3.63, 3.8) is 0 Å². The zero-order valence-electron chi connectivity index (χ0n) is 19.2. The number of aliphatic hydroxyl groups is 1. The van der Waals surface area contributed by atoms with E-state index in [2.05, 4.69) is 10.00 Å². The second-order valence-electron chi connectivity index (χ2n) is 8.34. The van der Waals surface area contributed by atoms with Crippen LogP contribution in [0.5, 0.6) is 17.2 Å².